The molecule has 1 nitrogen and oxygen atoms in total. The number of rotatable bonds is 10. The minimum absolute atomic E-state index is 0.474. The highest BCUT2D eigenvalue weighted by molar-refractivity contribution is 8.00. The molecular formula is C15H31NS. The fourth-order valence-corrected chi connectivity index (χ4v) is 4.21. The molecule has 0 bridgehead atoms. The van der Waals surface area contributed by atoms with Crippen molar-refractivity contribution < 1.29 is 0 Å². The molecule has 1 atom stereocenters. The third-order valence-electron chi connectivity index (χ3n) is 4.04. The summed E-state index contributed by atoms with van der Waals surface area (Å²) in [7, 11) is 0. The van der Waals surface area contributed by atoms with Crippen LogP contribution in [0.1, 0.15) is 77.6 Å². The van der Waals surface area contributed by atoms with Gasteiger partial charge in [-0.15, -0.1) is 0 Å². The summed E-state index contributed by atoms with van der Waals surface area (Å²) >= 11 is 2.14. The Morgan fingerprint density at radius 2 is 1.65 bits per heavy atom. The third kappa shape index (κ3) is 6.15. The Labute approximate surface area is 112 Å². The molecule has 0 aromatic carbocycles. The van der Waals surface area contributed by atoms with Gasteiger partial charge in [0, 0.05) is 11.3 Å². The SMILES string of the molecule is CCCCCCCCCCC1(CN)CCCS1. The molecule has 1 heterocycles. The summed E-state index contributed by atoms with van der Waals surface area (Å²) in [6.07, 6.45) is 15.5. The van der Waals surface area contributed by atoms with Crippen LogP contribution in [0.2, 0.25) is 0 Å². The van der Waals surface area contributed by atoms with Crippen molar-refractivity contribution in [2.24, 2.45) is 5.73 Å². The second-order valence-corrected chi connectivity index (χ2v) is 7.13. The van der Waals surface area contributed by atoms with Crippen LogP contribution < -0.4 is 5.73 Å². The third-order valence-corrected chi connectivity index (χ3v) is 5.72. The van der Waals surface area contributed by atoms with Crippen molar-refractivity contribution in [2.45, 2.75) is 82.3 Å². The van der Waals surface area contributed by atoms with Crippen molar-refractivity contribution in [1.82, 2.24) is 0 Å². The molecular weight excluding hydrogens is 226 g/mol. The van der Waals surface area contributed by atoms with Gasteiger partial charge in [0.25, 0.3) is 0 Å². The van der Waals surface area contributed by atoms with Gasteiger partial charge in [0.15, 0.2) is 0 Å². The van der Waals surface area contributed by atoms with E-state index in [0.717, 1.165) is 6.54 Å². The molecule has 1 unspecified atom stereocenters. The molecule has 1 saturated heterocycles. The maximum Gasteiger partial charge on any atom is 0.0282 e. The van der Waals surface area contributed by atoms with Crippen LogP contribution in [0.4, 0.5) is 0 Å². The molecule has 1 fully saturated rings. The van der Waals surface area contributed by atoms with Crippen LogP contribution in [-0.2, 0) is 0 Å². The summed E-state index contributed by atoms with van der Waals surface area (Å²) in [6, 6.07) is 0. The van der Waals surface area contributed by atoms with E-state index in [-0.39, 0.29) is 0 Å². The molecule has 0 spiro atoms. The highest BCUT2D eigenvalue weighted by Crippen LogP contribution is 2.41. The smallest absolute Gasteiger partial charge is 0.0282 e. The fourth-order valence-electron chi connectivity index (χ4n) is 2.80. The number of hydrogen-bond donors (Lipinski definition) is 1. The largest absolute Gasteiger partial charge is 0.329 e. The van der Waals surface area contributed by atoms with E-state index in [1.165, 1.54) is 76.4 Å². The lowest BCUT2D eigenvalue weighted by Gasteiger charge is -2.26. The highest BCUT2D eigenvalue weighted by atomic mass is 32.2. The topological polar surface area (TPSA) is 26.0 Å². The van der Waals surface area contributed by atoms with E-state index in [0.29, 0.717) is 4.75 Å². The molecule has 0 saturated carbocycles. The standard InChI is InChI=1S/C15H31NS/c1-2-3-4-5-6-7-8-9-11-15(14-16)12-10-13-17-15/h2-14,16H2,1H3. The van der Waals surface area contributed by atoms with Crippen LogP contribution in [-0.4, -0.2) is 17.0 Å². The van der Waals surface area contributed by atoms with Crippen molar-refractivity contribution in [3.05, 3.63) is 0 Å². The first-order valence-electron chi connectivity index (χ1n) is 7.67. The molecule has 0 aliphatic carbocycles. The molecule has 2 heteroatoms. The molecule has 0 aromatic heterocycles. The molecule has 2 N–H and O–H groups in total. The fraction of sp³-hybridized carbons (Fsp3) is 1.00. The Morgan fingerprint density at radius 1 is 1.00 bits per heavy atom. The van der Waals surface area contributed by atoms with Gasteiger partial charge in [0.1, 0.15) is 0 Å². The van der Waals surface area contributed by atoms with E-state index in [9.17, 15) is 0 Å². The van der Waals surface area contributed by atoms with Crippen molar-refractivity contribution in [2.75, 3.05) is 12.3 Å². The number of unbranched alkanes of at least 4 members (excludes halogenated alkanes) is 7. The quantitative estimate of drug-likeness (QED) is 0.572. The lowest BCUT2D eigenvalue weighted by molar-refractivity contribution is 0.481. The zero-order chi connectivity index (χ0) is 12.4. The van der Waals surface area contributed by atoms with Crippen LogP contribution in [0.3, 0.4) is 0 Å². The number of hydrogen-bond acceptors (Lipinski definition) is 2. The summed E-state index contributed by atoms with van der Waals surface area (Å²) in [6.45, 7) is 3.18. The minimum Gasteiger partial charge on any atom is -0.329 e. The summed E-state index contributed by atoms with van der Waals surface area (Å²) in [5.74, 6) is 1.34. The lowest BCUT2D eigenvalue weighted by Crippen LogP contribution is -2.31. The maximum atomic E-state index is 5.94. The zero-order valence-electron chi connectivity index (χ0n) is 11.7. The Bertz CT molecular complexity index is 176. The van der Waals surface area contributed by atoms with E-state index in [1.807, 2.05) is 0 Å². The van der Waals surface area contributed by atoms with E-state index in [2.05, 4.69) is 18.7 Å². The Balaban J connectivity index is 1.92. The van der Waals surface area contributed by atoms with Crippen molar-refractivity contribution >= 4 is 11.8 Å². The highest BCUT2D eigenvalue weighted by Gasteiger charge is 2.32. The van der Waals surface area contributed by atoms with Crippen LogP contribution in [0.15, 0.2) is 0 Å². The molecule has 0 aromatic rings. The first kappa shape index (κ1) is 15.4. The van der Waals surface area contributed by atoms with Crippen LogP contribution >= 0.6 is 11.8 Å². The minimum atomic E-state index is 0.474. The molecule has 17 heavy (non-hydrogen) atoms. The average molecular weight is 257 g/mol. The van der Waals surface area contributed by atoms with Crippen LogP contribution in [0, 0.1) is 0 Å². The van der Waals surface area contributed by atoms with Crippen LogP contribution in [0.25, 0.3) is 0 Å². The maximum absolute atomic E-state index is 5.94. The summed E-state index contributed by atoms with van der Waals surface area (Å²) < 4.78 is 0.474. The molecule has 1 aliphatic rings. The van der Waals surface area contributed by atoms with Crippen molar-refractivity contribution in [3.8, 4) is 0 Å². The Kier molecular flexibility index (Phi) is 8.38. The lowest BCUT2D eigenvalue weighted by atomic mass is 9.95. The summed E-state index contributed by atoms with van der Waals surface area (Å²) in [4.78, 5) is 0. The number of thioether (sulfide) groups is 1. The van der Waals surface area contributed by atoms with Gasteiger partial charge in [0.2, 0.25) is 0 Å². The van der Waals surface area contributed by atoms with Gasteiger partial charge >= 0.3 is 0 Å². The van der Waals surface area contributed by atoms with E-state index < -0.39 is 0 Å². The predicted octanol–water partition coefficient (Wildman–Crippen LogP) is 4.74. The second-order valence-electron chi connectivity index (χ2n) is 5.56. The predicted molar refractivity (Wildman–Crippen MR) is 80.7 cm³/mol. The molecule has 102 valence electrons. The van der Waals surface area contributed by atoms with Gasteiger partial charge in [0.05, 0.1) is 0 Å². The summed E-state index contributed by atoms with van der Waals surface area (Å²) in [5.41, 5.74) is 5.94. The monoisotopic (exact) mass is 257 g/mol. The molecule has 1 aliphatic heterocycles. The first-order valence-corrected chi connectivity index (χ1v) is 8.65. The average Bonchev–Trinajstić information content (AvgIpc) is 2.82. The van der Waals surface area contributed by atoms with Gasteiger partial charge in [-0.25, -0.2) is 0 Å². The first-order chi connectivity index (χ1) is 8.33. The molecule has 1 rings (SSSR count). The molecule has 0 amide bonds. The zero-order valence-corrected chi connectivity index (χ0v) is 12.5. The van der Waals surface area contributed by atoms with Gasteiger partial charge in [-0.2, -0.15) is 11.8 Å². The number of nitrogens with two attached hydrogens (primary N) is 1. The second kappa shape index (κ2) is 9.27. The normalized spacial score (nSPS) is 24.4. The van der Waals surface area contributed by atoms with Gasteiger partial charge < -0.3 is 5.73 Å². The van der Waals surface area contributed by atoms with Crippen molar-refractivity contribution in [3.63, 3.8) is 0 Å². The van der Waals surface area contributed by atoms with Gasteiger partial charge in [-0.1, -0.05) is 58.3 Å². The van der Waals surface area contributed by atoms with E-state index in [1.54, 1.807) is 0 Å². The van der Waals surface area contributed by atoms with Gasteiger partial charge in [-0.3, -0.25) is 0 Å². The van der Waals surface area contributed by atoms with E-state index in [4.69, 9.17) is 5.73 Å². The Morgan fingerprint density at radius 3 is 2.18 bits per heavy atom. The van der Waals surface area contributed by atoms with Crippen molar-refractivity contribution in [1.29, 1.82) is 0 Å². The van der Waals surface area contributed by atoms with Crippen LogP contribution in [0.5, 0.6) is 0 Å². The van der Waals surface area contributed by atoms with E-state index >= 15 is 0 Å². The Hall–Kier alpha value is 0.310. The summed E-state index contributed by atoms with van der Waals surface area (Å²) in [5, 5.41) is 0. The van der Waals surface area contributed by atoms with Gasteiger partial charge in [-0.05, 0) is 25.0 Å². The molecule has 0 radical (unpaired) electrons.